The zero-order valence-corrected chi connectivity index (χ0v) is 11.9. The lowest BCUT2D eigenvalue weighted by molar-refractivity contribution is 0.494. The highest BCUT2D eigenvalue weighted by Crippen LogP contribution is 2.41. The van der Waals surface area contributed by atoms with E-state index in [-0.39, 0.29) is 5.82 Å². The molecular formula is C14H18BrFN2. The quantitative estimate of drug-likeness (QED) is 0.908. The Morgan fingerprint density at radius 3 is 2.56 bits per heavy atom. The van der Waals surface area contributed by atoms with Crippen molar-refractivity contribution in [1.82, 2.24) is 0 Å². The van der Waals surface area contributed by atoms with Crippen molar-refractivity contribution < 1.29 is 4.39 Å². The lowest BCUT2D eigenvalue weighted by Crippen LogP contribution is -2.22. The first-order chi connectivity index (χ1) is 8.70. The fourth-order valence-corrected chi connectivity index (χ4v) is 3.91. The summed E-state index contributed by atoms with van der Waals surface area (Å²) >= 11 is 3.32. The maximum atomic E-state index is 14.3. The van der Waals surface area contributed by atoms with E-state index in [1.54, 1.807) is 0 Å². The molecule has 1 saturated carbocycles. The van der Waals surface area contributed by atoms with Gasteiger partial charge < -0.3 is 10.6 Å². The standard InChI is InChI=1S/C14H18BrFN2/c15-13-9(6-17)4-5-12(14(13)16)18-7-10-2-1-3-11(10)8-18/h4-5,10-11H,1-3,6-8,17H2. The zero-order chi connectivity index (χ0) is 12.7. The minimum atomic E-state index is -0.155. The number of hydrogen-bond acceptors (Lipinski definition) is 2. The molecule has 1 aromatic carbocycles. The SMILES string of the molecule is NCc1ccc(N2CC3CCCC3C2)c(F)c1Br. The van der Waals surface area contributed by atoms with Crippen LogP contribution in [0, 0.1) is 17.7 Å². The van der Waals surface area contributed by atoms with E-state index in [0.717, 1.165) is 36.2 Å². The highest BCUT2D eigenvalue weighted by atomic mass is 79.9. The molecule has 2 unspecified atom stereocenters. The Morgan fingerprint density at radius 1 is 1.28 bits per heavy atom. The van der Waals surface area contributed by atoms with E-state index in [9.17, 15) is 4.39 Å². The Balaban J connectivity index is 1.87. The maximum absolute atomic E-state index is 14.3. The first-order valence-electron chi connectivity index (χ1n) is 6.62. The molecule has 0 aromatic heterocycles. The summed E-state index contributed by atoms with van der Waals surface area (Å²) < 4.78 is 14.9. The summed E-state index contributed by atoms with van der Waals surface area (Å²) in [6.07, 6.45) is 3.97. The van der Waals surface area contributed by atoms with E-state index >= 15 is 0 Å². The number of nitrogens with two attached hydrogens (primary N) is 1. The van der Waals surface area contributed by atoms with Gasteiger partial charge in [-0.25, -0.2) is 4.39 Å². The molecule has 0 radical (unpaired) electrons. The predicted molar refractivity (Wildman–Crippen MR) is 75.0 cm³/mol. The van der Waals surface area contributed by atoms with Crippen LogP contribution in [0.25, 0.3) is 0 Å². The smallest absolute Gasteiger partial charge is 0.160 e. The number of halogens is 2. The number of rotatable bonds is 2. The third-order valence-corrected chi connectivity index (χ3v) is 5.29. The van der Waals surface area contributed by atoms with Gasteiger partial charge in [-0.3, -0.25) is 0 Å². The van der Waals surface area contributed by atoms with E-state index in [0.29, 0.717) is 11.0 Å². The van der Waals surface area contributed by atoms with Crippen LogP contribution in [0.5, 0.6) is 0 Å². The molecule has 98 valence electrons. The zero-order valence-electron chi connectivity index (χ0n) is 10.3. The lowest BCUT2D eigenvalue weighted by atomic mass is 10.0. The average molecular weight is 313 g/mol. The average Bonchev–Trinajstić information content (AvgIpc) is 2.93. The number of anilines is 1. The van der Waals surface area contributed by atoms with Crippen LogP contribution < -0.4 is 10.6 Å². The number of fused-ring (bicyclic) bond motifs is 1. The third-order valence-electron chi connectivity index (χ3n) is 4.43. The second kappa shape index (κ2) is 4.82. The molecule has 1 aliphatic heterocycles. The van der Waals surface area contributed by atoms with Crippen molar-refractivity contribution in [2.24, 2.45) is 17.6 Å². The molecule has 0 amide bonds. The van der Waals surface area contributed by atoms with Gasteiger partial charge in [0.05, 0.1) is 10.2 Å². The number of benzene rings is 1. The van der Waals surface area contributed by atoms with Gasteiger partial charge in [0.1, 0.15) is 0 Å². The molecule has 1 heterocycles. The first kappa shape index (κ1) is 12.4. The Hall–Kier alpha value is -0.610. The largest absolute Gasteiger partial charge is 0.369 e. The van der Waals surface area contributed by atoms with Crippen molar-refractivity contribution in [2.45, 2.75) is 25.8 Å². The Morgan fingerprint density at radius 2 is 1.94 bits per heavy atom. The summed E-state index contributed by atoms with van der Waals surface area (Å²) in [5.74, 6) is 1.40. The van der Waals surface area contributed by atoms with Gasteiger partial charge in [0.15, 0.2) is 5.82 Å². The molecule has 2 fully saturated rings. The fraction of sp³-hybridized carbons (Fsp3) is 0.571. The van der Waals surface area contributed by atoms with Gasteiger partial charge in [0, 0.05) is 19.6 Å². The summed E-state index contributed by atoms with van der Waals surface area (Å²) in [7, 11) is 0. The summed E-state index contributed by atoms with van der Waals surface area (Å²) in [6.45, 7) is 2.38. The minimum Gasteiger partial charge on any atom is -0.369 e. The molecule has 18 heavy (non-hydrogen) atoms. The summed E-state index contributed by atoms with van der Waals surface area (Å²) in [5.41, 5.74) is 7.15. The van der Waals surface area contributed by atoms with E-state index < -0.39 is 0 Å². The Kier molecular flexibility index (Phi) is 3.32. The topological polar surface area (TPSA) is 29.3 Å². The normalized spacial score (nSPS) is 26.7. The summed E-state index contributed by atoms with van der Waals surface area (Å²) in [4.78, 5) is 2.20. The maximum Gasteiger partial charge on any atom is 0.160 e. The molecule has 2 N–H and O–H groups in total. The van der Waals surface area contributed by atoms with Crippen LogP contribution in [0.15, 0.2) is 16.6 Å². The van der Waals surface area contributed by atoms with Gasteiger partial charge in [0.2, 0.25) is 0 Å². The van der Waals surface area contributed by atoms with E-state index in [1.165, 1.54) is 19.3 Å². The highest BCUT2D eigenvalue weighted by molar-refractivity contribution is 9.10. The van der Waals surface area contributed by atoms with Gasteiger partial charge in [-0.15, -0.1) is 0 Å². The molecule has 2 atom stereocenters. The van der Waals surface area contributed by atoms with Crippen molar-refractivity contribution in [3.8, 4) is 0 Å². The van der Waals surface area contributed by atoms with Crippen molar-refractivity contribution in [3.63, 3.8) is 0 Å². The van der Waals surface area contributed by atoms with E-state index in [1.807, 2.05) is 12.1 Å². The van der Waals surface area contributed by atoms with E-state index in [2.05, 4.69) is 20.8 Å². The third kappa shape index (κ3) is 1.95. The molecule has 0 bridgehead atoms. The van der Waals surface area contributed by atoms with Crippen molar-refractivity contribution in [3.05, 3.63) is 28.0 Å². The van der Waals surface area contributed by atoms with Crippen LogP contribution in [0.1, 0.15) is 24.8 Å². The molecule has 2 aliphatic rings. The molecule has 4 heteroatoms. The van der Waals surface area contributed by atoms with Gasteiger partial charge >= 0.3 is 0 Å². The molecule has 1 aliphatic carbocycles. The van der Waals surface area contributed by atoms with Crippen molar-refractivity contribution in [2.75, 3.05) is 18.0 Å². The monoisotopic (exact) mass is 312 g/mol. The summed E-state index contributed by atoms with van der Waals surface area (Å²) in [6, 6.07) is 3.81. The van der Waals surface area contributed by atoms with Crippen LogP contribution in [0.2, 0.25) is 0 Å². The summed E-state index contributed by atoms with van der Waals surface area (Å²) in [5, 5.41) is 0. The van der Waals surface area contributed by atoms with Gasteiger partial charge in [-0.1, -0.05) is 12.5 Å². The Bertz CT molecular complexity index is 451. The van der Waals surface area contributed by atoms with Gasteiger partial charge in [0.25, 0.3) is 0 Å². The van der Waals surface area contributed by atoms with Crippen LogP contribution in [0.4, 0.5) is 10.1 Å². The molecule has 1 saturated heterocycles. The second-order valence-corrected chi connectivity index (χ2v) is 6.22. The first-order valence-corrected chi connectivity index (χ1v) is 7.42. The van der Waals surface area contributed by atoms with E-state index in [4.69, 9.17) is 5.73 Å². The number of hydrogen-bond donors (Lipinski definition) is 1. The van der Waals surface area contributed by atoms with Crippen molar-refractivity contribution in [1.29, 1.82) is 0 Å². The molecule has 0 spiro atoms. The predicted octanol–water partition coefficient (Wildman–Crippen LogP) is 3.28. The van der Waals surface area contributed by atoms with Gasteiger partial charge in [-0.05, 0) is 52.2 Å². The second-order valence-electron chi connectivity index (χ2n) is 5.43. The number of nitrogens with zero attached hydrogens (tertiary/aromatic N) is 1. The lowest BCUT2D eigenvalue weighted by Gasteiger charge is -2.21. The molecule has 1 aromatic rings. The van der Waals surface area contributed by atoms with Crippen LogP contribution in [-0.2, 0) is 6.54 Å². The van der Waals surface area contributed by atoms with Crippen LogP contribution in [0.3, 0.4) is 0 Å². The Labute approximate surface area is 115 Å². The van der Waals surface area contributed by atoms with Crippen LogP contribution in [-0.4, -0.2) is 13.1 Å². The molecular weight excluding hydrogens is 295 g/mol. The highest BCUT2D eigenvalue weighted by Gasteiger charge is 2.37. The van der Waals surface area contributed by atoms with Gasteiger partial charge in [-0.2, -0.15) is 0 Å². The van der Waals surface area contributed by atoms with Crippen molar-refractivity contribution >= 4 is 21.6 Å². The fourth-order valence-electron chi connectivity index (χ4n) is 3.41. The molecule has 2 nitrogen and oxygen atoms in total. The van der Waals surface area contributed by atoms with Crippen LogP contribution >= 0.6 is 15.9 Å². The molecule has 3 rings (SSSR count). The minimum absolute atomic E-state index is 0.155.